The summed E-state index contributed by atoms with van der Waals surface area (Å²) in [4.78, 5) is 0. The van der Waals surface area contributed by atoms with Gasteiger partial charge in [0.05, 0.1) is 0 Å². The van der Waals surface area contributed by atoms with E-state index >= 15 is 0 Å². The van der Waals surface area contributed by atoms with Gasteiger partial charge in [-0.1, -0.05) is 0 Å². The maximum atomic E-state index is 5.67. The van der Waals surface area contributed by atoms with E-state index in [1.54, 1.807) is 0 Å². The minimum absolute atomic E-state index is 0.242. The number of anilines is 1. The Labute approximate surface area is 112 Å². The molecule has 5 heteroatoms. The van der Waals surface area contributed by atoms with Gasteiger partial charge in [0.1, 0.15) is 0 Å². The Morgan fingerprint density at radius 2 is 2.24 bits per heavy atom. The van der Waals surface area contributed by atoms with E-state index in [2.05, 4.69) is 33.7 Å². The first-order valence-electron chi connectivity index (χ1n) is 5.37. The Bertz CT molecular complexity index is 444. The average molecular weight is 313 g/mol. The van der Waals surface area contributed by atoms with Gasteiger partial charge in [-0.05, 0) is 0 Å². The van der Waals surface area contributed by atoms with Crippen LogP contribution in [0, 0.1) is 12.1 Å². The standard InChI is InChI=1S/C12H12ClN3Se/c13-8-6-11-15-16-12(17-11)14-9-7-10-4-2-1-3-5-10/h2,4-5H,6-9H2,(H,14,16). The molecule has 0 amide bonds. The summed E-state index contributed by atoms with van der Waals surface area (Å²) in [5, 5.41) is 11.5. The molecule has 2 aromatic rings. The fourth-order valence-electron chi connectivity index (χ4n) is 1.36. The third-order valence-electron chi connectivity index (χ3n) is 2.19. The summed E-state index contributed by atoms with van der Waals surface area (Å²) in [7, 11) is 0. The van der Waals surface area contributed by atoms with Gasteiger partial charge < -0.3 is 0 Å². The average Bonchev–Trinajstić information content (AvgIpc) is 2.79. The third-order valence-corrected chi connectivity index (χ3v) is 4.35. The van der Waals surface area contributed by atoms with Crippen molar-refractivity contribution < 1.29 is 0 Å². The molecular formula is C12H12ClN3Se. The Kier molecular flexibility index (Phi) is 5.05. The fraction of sp³-hybridized carbons (Fsp3) is 0.333. The number of aryl methyl sites for hydroxylation is 1. The van der Waals surface area contributed by atoms with Gasteiger partial charge in [-0.15, -0.1) is 0 Å². The monoisotopic (exact) mass is 313 g/mol. The minimum atomic E-state index is 0.242. The number of alkyl halides is 1. The van der Waals surface area contributed by atoms with Crippen LogP contribution in [-0.2, 0) is 12.8 Å². The van der Waals surface area contributed by atoms with E-state index in [1.807, 2.05) is 12.1 Å². The van der Waals surface area contributed by atoms with Crippen molar-refractivity contribution in [1.29, 1.82) is 0 Å². The quantitative estimate of drug-likeness (QED) is 0.650. The topological polar surface area (TPSA) is 37.8 Å². The van der Waals surface area contributed by atoms with Gasteiger partial charge in [0.2, 0.25) is 0 Å². The molecular weight excluding hydrogens is 301 g/mol. The summed E-state index contributed by atoms with van der Waals surface area (Å²) >= 11 is 5.91. The molecule has 0 aliphatic carbocycles. The van der Waals surface area contributed by atoms with E-state index in [1.165, 1.54) is 5.56 Å². The molecule has 1 N–H and O–H groups in total. The van der Waals surface area contributed by atoms with Crippen molar-refractivity contribution in [3.05, 3.63) is 40.5 Å². The zero-order valence-electron chi connectivity index (χ0n) is 9.24. The van der Waals surface area contributed by atoms with Crippen LogP contribution in [0.3, 0.4) is 0 Å². The summed E-state index contributed by atoms with van der Waals surface area (Å²) < 4.78 is 2.13. The van der Waals surface area contributed by atoms with Crippen LogP contribution in [0.15, 0.2) is 18.2 Å². The molecule has 1 heterocycles. The molecule has 1 aromatic carbocycles. The van der Waals surface area contributed by atoms with Crippen molar-refractivity contribution in [1.82, 2.24) is 10.2 Å². The first-order chi connectivity index (χ1) is 8.38. The fourth-order valence-corrected chi connectivity index (χ4v) is 3.39. The maximum absolute atomic E-state index is 5.67. The predicted molar refractivity (Wildman–Crippen MR) is 69.7 cm³/mol. The molecule has 0 saturated carbocycles. The van der Waals surface area contributed by atoms with Crippen LogP contribution in [0.2, 0.25) is 0 Å². The molecule has 0 atom stereocenters. The van der Waals surface area contributed by atoms with Gasteiger partial charge in [0.25, 0.3) is 0 Å². The molecule has 0 aliphatic rings. The van der Waals surface area contributed by atoms with E-state index in [9.17, 15) is 0 Å². The van der Waals surface area contributed by atoms with Crippen molar-refractivity contribution in [2.75, 3.05) is 17.7 Å². The van der Waals surface area contributed by atoms with Crippen LogP contribution in [0.5, 0.6) is 0 Å². The molecule has 0 unspecified atom stereocenters. The summed E-state index contributed by atoms with van der Waals surface area (Å²) in [6.45, 7) is 0.877. The Balaban J connectivity index is 1.78. The zero-order chi connectivity index (χ0) is 11.9. The van der Waals surface area contributed by atoms with Crippen LogP contribution in [0.25, 0.3) is 0 Å². The molecule has 2 radical (unpaired) electrons. The summed E-state index contributed by atoms with van der Waals surface area (Å²) in [5.41, 5.74) is 1.25. The van der Waals surface area contributed by atoms with E-state index < -0.39 is 0 Å². The van der Waals surface area contributed by atoms with Gasteiger partial charge >= 0.3 is 112 Å². The summed E-state index contributed by atoms with van der Waals surface area (Å²) in [6, 6.07) is 11.7. The second kappa shape index (κ2) is 6.80. The molecule has 2 rings (SSSR count). The normalized spacial score (nSPS) is 10.4. The molecule has 0 spiro atoms. The van der Waals surface area contributed by atoms with E-state index in [0.717, 1.165) is 28.6 Å². The summed E-state index contributed by atoms with van der Waals surface area (Å²) in [5.74, 6) is 0.625. The second-order valence-electron chi connectivity index (χ2n) is 3.46. The van der Waals surface area contributed by atoms with Crippen LogP contribution < -0.4 is 5.32 Å². The summed E-state index contributed by atoms with van der Waals surface area (Å²) in [6.07, 6.45) is 1.81. The SMILES string of the molecule is ClCCc1nnc(NCCc2c[c][c]cc2)[se]1. The Hall–Kier alpha value is -0.831. The molecule has 3 nitrogen and oxygen atoms in total. The van der Waals surface area contributed by atoms with Gasteiger partial charge in [0, 0.05) is 0 Å². The van der Waals surface area contributed by atoms with Crippen molar-refractivity contribution >= 4 is 30.8 Å². The van der Waals surface area contributed by atoms with Crippen LogP contribution in [0.4, 0.5) is 4.69 Å². The first-order valence-corrected chi connectivity index (χ1v) is 7.62. The molecule has 0 aliphatic heterocycles. The molecule has 0 saturated heterocycles. The zero-order valence-corrected chi connectivity index (χ0v) is 11.7. The molecule has 88 valence electrons. The first kappa shape index (κ1) is 12.6. The number of rotatable bonds is 6. The second-order valence-corrected chi connectivity index (χ2v) is 6.06. The van der Waals surface area contributed by atoms with Crippen molar-refractivity contribution in [3.63, 3.8) is 0 Å². The van der Waals surface area contributed by atoms with Gasteiger partial charge in [0.15, 0.2) is 0 Å². The third kappa shape index (κ3) is 4.15. The van der Waals surface area contributed by atoms with Crippen molar-refractivity contribution in [2.45, 2.75) is 12.8 Å². The van der Waals surface area contributed by atoms with Gasteiger partial charge in [-0.3, -0.25) is 0 Å². The van der Waals surface area contributed by atoms with E-state index in [0.29, 0.717) is 5.88 Å². The molecule has 0 fully saturated rings. The van der Waals surface area contributed by atoms with Crippen LogP contribution >= 0.6 is 11.6 Å². The number of aromatic nitrogens is 2. The number of benzene rings is 1. The van der Waals surface area contributed by atoms with Gasteiger partial charge in [-0.25, -0.2) is 0 Å². The van der Waals surface area contributed by atoms with Crippen molar-refractivity contribution in [3.8, 4) is 0 Å². The number of hydrogen-bond donors (Lipinski definition) is 1. The van der Waals surface area contributed by atoms with Crippen molar-refractivity contribution in [2.24, 2.45) is 0 Å². The number of hydrogen-bond acceptors (Lipinski definition) is 3. The molecule has 1 aromatic heterocycles. The number of nitrogens with one attached hydrogen (secondary N) is 1. The molecule has 0 bridgehead atoms. The van der Waals surface area contributed by atoms with Gasteiger partial charge in [-0.2, -0.15) is 0 Å². The molecule has 17 heavy (non-hydrogen) atoms. The Morgan fingerprint density at radius 3 is 3.00 bits per heavy atom. The van der Waals surface area contributed by atoms with E-state index in [4.69, 9.17) is 11.6 Å². The van der Waals surface area contributed by atoms with E-state index in [-0.39, 0.29) is 14.5 Å². The predicted octanol–water partition coefficient (Wildman–Crippen LogP) is 1.57. The Morgan fingerprint density at radius 1 is 1.29 bits per heavy atom. The number of nitrogens with zero attached hydrogens (tertiary/aromatic N) is 2. The van der Waals surface area contributed by atoms with Crippen LogP contribution in [0.1, 0.15) is 10.1 Å². The van der Waals surface area contributed by atoms with Crippen LogP contribution in [-0.4, -0.2) is 37.1 Å². The number of halogens is 1.